The number of carbonyl (C=O) groups is 1. The Balaban J connectivity index is 1.47. The lowest BCUT2D eigenvalue weighted by atomic mass is 9.84. The lowest BCUT2D eigenvalue weighted by Crippen LogP contribution is -2.45. The summed E-state index contributed by atoms with van der Waals surface area (Å²) in [5.74, 6) is -0.509. The first-order valence-corrected chi connectivity index (χ1v) is 10.4. The molecule has 2 bridgehead atoms. The highest BCUT2D eigenvalue weighted by atomic mass is 19.1. The molecule has 160 valence electrons. The number of ether oxygens (including phenoxy) is 1. The van der Waals surface area contributed by atoms with E-state index in [9.17, 15) is 14.0 Å². The van der Waals surface area contributed by atoms with E-state index in [0.29, 0.717) is 30.5 Å². The highest BCUT2D eigenvalue weighted by molar-refractivity contribution is 6.04. The number of hydrogen-bond acceptors (Lipinski definition) is 5. The quantitative estimate of drug-likeness (QED) is 0.511. The Hall–Kier alpha value is -3.49. The van der Waals surface area contributed by atoms with Crippen molar-refractivity contribution in [2.45, 2.75) is 25.8 Å². The molecule has 9 heteroatoms. The average Bonchev–Trinajstić information content (AvgIpc) is 3.11. The zero-order valence-corrected chi connectivity index (χ0v) is 17.0. The number of hydrogen-bond donors (Lipinski definition) is 1. The number of carbonyl (C=O) groups excluding carboxylic acids is 1. The van der Waals surface area contributed by atoms with Crippen molar-refractivity contribution in [3.8, 4) is 0 Å². The summed E-state index contributed by atoms with van der Waals surface area (Å²) in [5, 5.41) is 11.1. The Morgan fingerprint density at radius 2 is 2.13 bits per heavy atom. The summed E-state index contributed by atoms with van der Waals surface area (Å²) < 4.78 is 20.8. The Morgan fingerprint density at radius 3 is 2.97 bits per heavy atom. The Bertz CT molecular complexity index is 1250. The number of aromatic amines is 1. The number of halogens is 1. The van der Waals surface area contributed by atoms with Crippen molar-refractivity contribution in [2.75, 3.05) is 19.7 Å². The molecule has 2 aliphatic heterocycles. The van der Waals surface area contributed by atoms with Gasteiger partial charge in [-0.15, -0.1) is 5.11 Å². The van der Waals surface area contributed by atoms with Gasteiger partial charge in [0.15, 0.2) is 5.69 Å². The molecule has 0 radical (unpaired) electrons. The Labute approximate surface area is 177 Å². The molecule has 1 N–H and O–H groups in total. The highest BCUT2D eigenvalue weighted by Crippen LogP contribution is 2.36. The number of esters is 1. The normalized spacial score (nSPS) is 20.3. The van der Waals surface area contributed by atoms with E-state index in [1.807, 2.05) is 15.6 Å². The minimum absolute atomic E-state index is 0.0298. The molecule has 0 saturated carbocycles. The van der Waals surface area contributed by atoms with Crippen LogP contribution >= 0.6 is 0 Å². The van der Waals surface area contributed by atoms with Gasteiger partial charge in [0.1, 0.15) is 11.5 Å². The number of rotatable bonds is 4. The van der Waals surface area contributed by atoms with Crippen LogP contribution in [0.15, 0.2) is 51.5 Å². The molecule has 4 heterocycles. The van der Waals surface area contributed by atoms with Gasteiger partial charge in [-0.1, -0.05) is 11.3 Å². The maximum Gasteiger partial charge on any atom is 0.357 e. The first-order chi connectivity index (χ1) is 15.0. The number of fused-ring (bicyclic) bond motifs is 5. The number of nitrogens with one attached hydrogen (secondary N) is 1. The summed E-state index contributed by atoms with van der Waals surface area (Å²) >= 11 is 0. The van der Waals surface area contributed by atoms with Gasteiger partial charge in [0.25, 0.3) is 5.56 Å². The van der Waals surface area contributed by atoms with Gasteiger partial charge in [-0.2, -0.15) is 0 Å². The van der Waals surface area contributed by atoms with Crippen LogP contribution in [0.2, 0.25) is 0 Å². The van der Waals surface area contributed by atoms with Crippen LogP contribution in [-0.2, 0) is 11.3 Å². The fraction of sp³-hybridized carbons (Fsp3) is 0.364. The standard InChI is InChI=1S/C22H22FN5O3/c1-2-31-22(30)21-20(16-9-15(23)6-7-17(16)24-21)25-26-27-10-13-8-14(12-27)18-4-3-5-19(29)28(18)11-13/h3-7,9,13-14,24H,2,8,10-12H2,1H3. The lowest BCUT2D eigenvalue weighted by molar-refractivity contribution is 0.0521. The highest BCUT2D eigenvalue weighted by Gasteiger charge is 2.34. The molecular weight excluding hydrogens is 401 g/mol. The molecule has 2 unspecified atom stereocenters. The summed E-state index contributed by atoms with van der Waals surface area (Å²) in [4.78, 5) is 27.6. The van der Waals surface area contributed by atoms with Crippen LogP contribution in [0.4, 0.5) is 10.1 Å². The third-order valence-electron chi connectivity index (χ3n) is 5.94. The van der Waals surface area contributed by atoms with Crippen LogP contribution in [0.3, 0.4) is 0 Å². The molecule has 2 atom stereocenters. The first-order valence-electron chi connectivity index (χ1n) is 10.4. The minimum atomic E-state index is -0.558. The van der Waals surface area contributed by atoms with Crippen LogP contribution in [0.25, 0.3) is 10.9 Å². The van der Waals surface area contributed by atoms with Crippen molar-refractivity contribution in [2.24, 2.45) is 16.3 Å². The molecule has 5 rings (SSSR count). The average molecular weight is 423 g/mol. The molecule has 2 aliphatic rings. The summed E-state index contributed by atoms with van der Waals surface area (Å²) in [5.41, 5.74) is 2.05. The van der Waals surface area contributed by atoms with Gasteiger partial charge in [0.2, 0.25) is 0 Å². The van der Waals surface area contributed by atoms with Crippen LogP contribution in [0, 0.1) is 11.7 Å². The van der Waals surface area contributed by atoms with E-state index in [0.717, 1.165) is 12.1 Å². The molecule has 0 aliphatic carbocycles. The van der Waals surface area contributed by atoms with Crippen molar-refractivity contribution < 1.29 is 13.9 Å². The van der Waals surface area contributed by atoms with E-state index < -0.39 is 11.8 Å². The minimum Gasteiger partial charge on any atom is -0.461 e. The van der Waals surface area contributed by atoms with E-state index >= 15 is 0 Å². The zero-order valence-electron chi connectivity index (χ0n) is 17.0. The van der Waals surface area contributed by atoms with Gasteiger partial charge in [0.05, 0.1) is 6.61 Å². The van der Waals surface area contributed by atoms with Crippen LogP contribution in [-0.4, -0.2) is 40.2 Å². The summed E-state index contributed by atoms with van der Waals surface area (Å²) in [6.07, 6.45) is 1.00. The SMILES string of the molecule is CCOC(=O)c1[nH]c2ccc(F)cc2c1N=NN1CC2CC(C1)c1cccc(=O)n1C2. The second-order valence-electron chi connectivity index (χ2n) is 8.02. The van der Waals surface area contributed by atoms with Gasteiger partial charge >= 0.3 is 5.97 Å². The third-order valence-corrected chi connectivity index (χ3v) is 5.94. The van der Waals surface area contributed by atoms with Crippen LogP contribution < -0.4 is 5.56 Å². The molecule has 2 aromatic heterocycles. The fourth-order valence-electron chi connectivity index (χ4n) is 4.66. The maximum absolute atomic E-state index is 13.9. The van der Waals surface area contributed by atoms with Crippen molar-refractivity contribution in [3.63, 3.8) is 0 Å². The first kappa shape index (κ1) is 19.5. The zero-order chi connectivity index (χ0) is 21.5. The molecule has 1 saturated heterocycles. The van der Waals surface area contributed by atoms with E-state index in [4.69, 9.17) is 4.74 Å². The number of benzene rings is 1. The predicted molar refractivity (Wildman–Crippen MR) is 112 cm³/mol. The van der Waals surface area contributed by atoms with E-state index in [2.05, 4.69) is 15.3 Å². The summed E-state index contributed by atoms with van der Waals surface area (Å²) in [6.45, 7) is 3.87. The number of aromatic nitrogens is 2. The number of piperidine rings is 1. The second kappa shape index (κ2) is 7.64. The summed E-state index contributed by atoms with van der Waals surface area (Å²) in [7, 11) is 0. The molecule has 8 nitrogen and oxygen atoms in total. The van der Waals surface area contributed by atoms with Crippen molar-refractivity contribution in [1.82, 2.24) is 14.6 Å². The molecule has 3 aromatic rings. The van der Waals surface area contributed by atoms with Crippen molar-refractivity contribution >= 4 is 22.6 Å². The van der Waals surface area contributed by atoms with Gasteiger partial charge < -0.3 is 14.3 Å². The predicted octanol–water partition coefficient (Wildman–Crippen LogP) is 3.76. The largest absolute Gasteiger partial charge is 0.461 e. The van der Waals surface area contributed by atoms with E-state index in [1.165, 1.54) is 12.1 Å². The molecule has 1 aromatic carbocycles. The van der Waals surface area contributed by atoms with Gasteiger partial charge in [-0.05, 0) is 43.5 Å². The topological polar surface area (TPSA) is 92.1 Å². The van der Waals surface area contributed by atoms with Gasteiger partial charge in [0, 0.05) is 48.2 Å². The third kappa shape index (κ3) is 3.49. The van der Waals surface area contributed by atoms with Crippen molar-refractivity contribution in [3.05, 3.63) is 64.0 Å². The fourth-order valence-corrected chi connectivity index (χ4v) is 4.66. The van der Waals surface area contributed by atoms with Gasteiger partial charge in [-0.25, -0.2) is 9.18 Å². The van der Waals surface area contributed by atoms with E-state index in [1.54, 1.807) is 25.1 Å². The second-order valence-corrected chi connectivity index (χ2v) is 8.02. The van der Waals surface area contributed by atoms with Crippen LogP contribution in [0.5, 0.6) is 0 Å². The molecule has 0 spiro atoms. The Kier molecular flexibility index (Phi) is 4.80. The molecule has 31 heavy (non-hydrogen) atoms. The maximum atomic E-state index is 13.9. The molecule has 1 fully saturated rings. The van der Waals surface area contributed by atoms with E-state index in [-0.39, 0.29) is 35.4 Å². The van der Waals surface area contributed by atoms with Gasteiger partial charge in [-0.3, -0.25) is 9.80 Å². The molecular formula is C22H22FN5O3. The Morgan fingerprint density at radius 1 is 1.26 bits per heavy atom. The number of H-pyrrole nitrogens is 1. The molecule has 0 amide bonds. The monoisotopic (exact) mass is 423 g/mol. The van der Waals surface area contributed by atoms with Crippen molar-refractivity contribution in [1.29, 1.82) is 0 Å². The lowest BCUT2D eigenvalue weighted by Gasteiger charge is -2.40. The smallest absolute Gasteiger partial charge is 0.357 e. The number of nitrogens with zero attached hydrogens (tertiary/aromatic N) is 4. The van der Waals surface area contributed by atoms with Crippen LogP contribution in [0.1, 0.15) is 35.4 Å². The summed E-state index contributed by atoms with van der Waals surface area (Å²) in [6, 6.07) is 9.59. The number of pyridine rings is 1.